The van der Waals surface area contributed by atoms with E-state index in [2.05, 4.69) is 21.3 Å². The molecule has 3 N–H and O–H groups in total. The van der Waals surface area contributed by atoms with Crippen molar-refractivity contribution >= 4 is 46.5 Å². The SMILES string of the molecule is NC(=O)Cc1csc(SCC(=O)NC[C@H]2CN(Cc3cccc(Cl)c3)CCO2)n1. The van der Waals surface area contributed by atoms with Gasteiger partial charge in [-0.25, -0.2) is 4.98 Å². The number of morpholine rings is 1. The molecule has 156 valence electrons. The van der Waals surface area contributed by atoms with Gasteiger partial charge in [-0.2, -0.15) is 0 Å². The molecule has 1 aromatic carbocycles. The average molecular weight is 455 g/mol. The predicted octanol–water partition coefficient (Wildman–Crippen LogP) is 1.93. The quantitative estimate of drug-likeness (QED) is 0.562. The van der Waals surface area contributed by atoms with Gasteiger partial charge < -0.3 is 15.8 Å². The molecule has 2 heterocycles. The van der Waals surface area contributed by atoms with Crippen LogP contribution in [-0.2, 0) is 27.3 Å². The summed E-state index contributed by atoms with van der Waals surface area (Å²) in [4.78, 5) is 29.6. The highest BCUT2D eigenvalue weighted by Crippen LogP contribution is 2.22. The zero-order valence-corrected chi connectivity index (χ0v) is 18.2. The molecule has 10 heteroatoms. The highest BCUT2D eigenvalue weighted by atomic mass is 35.5. The number of nitrogens with zero attached hydrogens (tertiary/aromatic N) is 2. The van der Waals surface area contributed by atoms with E-state index < -0.39 is 5.91 Å². The first-order chi connectivity index (χ1) is 14.0. The Morgan fingerprint density at radius 2 is 2.31 bits per heavy atom. The highest BCUT2D eigenvalue weighted by Gasteiger charge is 2.21. The van der Waals surface area contributed by atoms with Crippen molar-refractivity contribution in [2.24, 2.45) is 5.73 Å². The van der Waals surface area contributed by atoms with Crippen LogP contribution in [0, 0.1) is 0 Å². The van der Waals surface area contributed by atoms with E-state index in [1.807, 2.05) is 18.2 Å². The Morgan fingerprint density at radius 3 is 3.10 bits per heavy atom. The molecule has 0 bridgehead atoms. The molecule has 3 rings (SSSR count). The van der Waals surface area contributed by atoms with E-state index >= 15 is 0 Å². The van der Waals surface area contributed by atoms with Gasteiger partial charge in [0.25, 0.3) is 0 Å². The number of nitrogens with two attached hydrogens (primary N) is 1. The number of hydrogen-bond donors (Lipinski definition) is 2. The van der Waals surface area contributed by atoms with Gasteiger partial charge in [-0.1, -0.05) is 35.5 Å². The molecule has 7 nitrogen and oxygen atoms in total. The van der Waals surface area contributed by atoms with Crippen molar-refractivity contribution in [3.05, 3.63) is 45.9 Å². The zero-order chi connectivity index (χ0) is 20.6. The van der Waals surface area contributed by atoms with Crippen LogP contribution in [-0.4, -0.2) is 59.8 Å². The summed E-state index contributed by atoms with van der Waals surface area (Å²) in [6.45, 7) is 3.52. The fourth-order valence-electron chi connectivity index (χ4n) is 2.96. The second-order valence-electron chi connectivity index (χ2n) is 6.70. The molecular formula is C19H23ClN4O3S2. The van der Waals surface area contributed by atoms with Crippen LogP contribution < -0.4 is 11.1 Å². The predicted molar refractivity (Wildman–Crippen MR) is 115 cm³/mol. The van der Waals surface area contributed by atoms with E-state index in [-0.39, 0.29) is 24.2 Å². The zero-order valence-electron chi connectivity index (χ0n) is 15.8. The van der Waals surface area contributed by atoms with Gasteiger partial charge in [0, 0.05) is 36.6 Å². The maximum absolute atomic E-state index is 12.1. The topological polar surface area (TPSA) is 97.5 Å². The summed E-state index contributed by atoms with van der Waals surface area (Å²) in [5, 5.41) is 5.45. The molecule has 1 atom stereocenters. The minimum absolute atomic E-state index is 0.0427. The maximum atomic E-state index is 12.1. The molecule has 1 aliphatic rings. The molecule has 1 fully saturated rings. The van der Waals surface area contributed by atoms with Crippen molar-refractivity contribution in [2.45, 2.75) is 23.4 Å². The van der Waals surface area contributed by atoms with Gasteiger partial charge in [0.15, 0.2) is 4.34 Å². The summed E-state index contributed by atoms with van der Waals surface area (Å²) in [6, 6.07) is 7.85. The third kappa shape index (κ3) is 7.60. The molecule has 29 heavy (non-hydrogen) atoms. The number of ether oxygens (including phenoxy) is 1. The van der Waals surface area contributed by atoms with Crippen LogP contribution in [0.5, 0.6) is 0 Å². The Labute approximate surface area is 183 Å². The molecule has 0 aliphatic carbocycles. The number of amides is 2. The monoisotopic (exact) mass is 454 g/mol. The summed E-state index contributed by atoms with van der Waals surface area (Å²) in [5.74, 6) is -0.221. The van der Waals surface area contributed by atoms with E-state index in [1.165, 1.54) is 23.1 Å². The average Bonchev–Trinajstić information content (AvgIpc) is 3.12. The first-order valence-electron chi connectivity index (χ1n) is 9.18. The van der Waals surface area contributed by atoms with Crippen molar-refractivity contribution in [3.8, 4) is 0 Å². The Bertz CT molecular complexity index is 848. The van der Waals surface area contributed by atoms with Crippen molar-refractivity contribution < 1.29 is 14.3 Å². The van der Waals surface area contributed by atoms with E-state index in [4.69, 9.17) is 22.1 Å². The van der Waals surface area contributed by atoms with Gasteiger partial charge >= 0.3 is 0 Å². The van der Waals surface area contributed by atoms with Crippen molar-refractivity contribution in [3.63, 3.8) is 0 Å². The Balaban J connectivity index is 1.38. The molecule has 0 unspecified atom stereocenters. The standard InChI is InChI=1S/C19H23ClN4O3S2/c20-14-3-1-2-13(6-14)9-24-4-5-27-16(10-24)8-22-18(26)12-29-19-23-15(11-28-19)7-17(21)25/h1-3,6,11,16H,4-5,7-10,12H2,(H2,21,25)(H,22,26)/t16-/m0/s1. The third-order valence-corrected chi connectivity index (χ3v) is 6.56. The van der Waals surface area contributed by atoms with Gasteiger partial charge in [0.2, 0.25) is 11.8 Å². The first-order valence-corrected chi connectivity index (χ1v) is 11.4. The van der Waals surface area contributed by atoms with E-state index in [0.29, 0.717) is 18.8 Å². The van der Waals surface area contributed by atoms with Gasteiger partial charge in [-0.05, 0) is 17.7 Å². The largest absolute Gasteiger partial charge is 0.374 e. The number of halogens is 1. The lowest BCUT2D eigenvalue weighted by molar-refractivity contribution is -0.120. The lowest BCUT2D eigenvalue weighted by Gasteiger charge is -2.33. The number of hydrogen-bond acceptors (Lipinski definition) is 7. The molecule has 1 saturated heterocycles. The molecule has 1 aromatic heterocycles. The van der Waals surface area contributed by atoms with Gasteiger partial charge in [-0.3, -0.25) is 14.5 Å². The van der Waals surface area contributed by atoms with Crippen molar-refractivity contribution in [2.75, 3.05) is 32.0 Å². The summed E-state index contributed by atoms with van der Waals surface area (Å²) >= 11 is 8.81. The number of benzene rings is 1. The summed E-state index contributed by atoms with van der Waals surface area (Å²) in [5.41, 5.74) is 6.96. The van der Waals surface area contributed by atoms with Crippen LogP contribution in [0.2, 0.25) is 5.02 Å². The lowest BCUT2D eigenvalue weighted by Crippen LogP contribution is -2.47. The first kappa shape index (κ1) is 22.0. The Hall–Kier alpha value is -1.65. The molecule has 0 spiro atoms. The second-order valence-corrected chi connectivity index (χ2v) is 9.22. The number of rotatable bonds is 9. The fraction of sp³-hybridized carbons (Fsp3) is 0.421. The molecule has 1 aliphatic heterocycles. The van der Waals surface area contributed by atoms with Crippen molar-refractivity contribution in [1.29, 1.82) is 0 Å². The Kier molecular flexibility index (Phi) is 8.31. The van der Waals surface area contributed by atoms with Crippen LogP contribution in [0.1, 0.15) is 11.3 Å². The van der Waals surface area contributed by atoms with E-state index in [1.54, 1.807) is 5.38 Å². The normalized spacial score (nSPS) is 17.2. The summed E-state index contributed by atoms with van der Waals surface area (Å²) in [7, 11) is 0. The number of thioether (sulfide) groups is 1. The summed E-state index contributed by atoms with van der Waals surface area (Å²) in [6.07, 6.45) is 0.0763. The number of carbonyl (C=O) groups is 2. The van der Waals surface area contributed by atoms with E-state index in [0.717, 1.165) is 34.6 Å². The van der Waals surface area contributed by atoms with Crippen LogP contribution in [0.15, 0.2) is 34.0 Å². The van der Waals surface area contributed by atoms with Crippen LogP contribution in [0.25, 0.3) is 0 Å². The van der Waals surface area contributed by atoms with E-state index in [9.17, 15) is 9.59 Å². The number of aromatic nitrogens is 1. The highest BCUT2D eigenvalue weighted by molar-refractivity contribution is 8.01. The van der Waals surface area contributed by atoms with Gasteiger partial charge in [-0.15, -0.1) is 11.3 Å². The number of nitrogens with one attached hydrogen (secondary N) is 1. The molecular weight excluding hydrogens is 432 g/mol. The fourth-order valence-corrected chi connectivity index (χ4v) is 4.85. The second kappa shape index (κ2) is 10.9. The minimum atomic E-state index is -0.415. The van der Waals surface area contributed by atoms with Gasteiger partial charge in [0.05, 0.1) is 30.6 Å². The third-order valence-electron chi connectivity index (χ3n) is 4.26. The molecule has 0 radical (unpaired) electrons. The smallest absolute Gasteiger partial charge is 0.230 e. The van der Waals surface area contributed by atoms with Crippen LogP contribution in [0.4, 0.5) is 0 Å². The van der Waals surface area contributed by atoms with Crippen molar-refractivity contribution in [1.82, 2.24) is 15.2 Å². The molecule has 2 amide bonds. The molecule has 2 aromatic rings. The summed E-state index contributed by atoms with van der Waals surface area (Å²) < 4.78 is 6.53. The van der Waals surface area contributed by atoms with Crippen LogP contribution in [0.3, 0.4) is 0 Å². The maximum Gasteiger partial charge on any atom is 0.230 e. The van der Waals surface area contributed by atoms with Crippen LogP contribution >= 0.6 is 34.7 Å². The number of thiazole rings is 1. The lowest BCUT2D eigenvalue weighted by atomic mass is 10.2. The number of carbonyl (C=O) groups excluding carboxylic acids is 2. The molecule has 0 saturated carbocycles. The Morgan fingerprint density at radius 1 is 1.45 bits per heavy atom. The van der Waals surface area contributed by atoms with Gasteiger partial charge in [0.1, 0.15) is 0 Å². The minimum Gasteiger partial charge on any atom is -0.374 e. The number of primary amides is 1.